The second-order valence-electron chi connectivity index (χ2n) is 7.09. The molecule has 38 heavy (non-hydrogen) atoms. The summed E-state index contributed by atoms with van der Waals surface area (Å²) in [7, 11) is 1.50. The molecule has 0 fully saturated rings. The van der Waals surface area contributed by atoms with Gasteiger partial charge >= 0.3 is 0 Å². The maximum atomic E-state index is 5.95. The lowest BCUT2D eigenvalue weighted by atomic mass is 10.1. The van der Waals surface area contributed by atoms with Crippen molar-refractivity contribution in [2.45, 2.75) is 47.5 Å². The van der Waals surface area contributed by atoms with E-state index < -0.39 is 0 Å². The minimum Gasteiger partial charge on any atom is -0.333 e. The number of hydrogen-bond donors (Lipinski definition) is 3. The molecule has 0 radical (unpaired) electrons. The van der Waals surface area contributed by atoms with Gasteiger partial charge in [-0.05, 0) is 92.1 Å². The van der Waals surface area contributed by atoms with Crippen molar-refractivity contribution >= 4 is 62.0 Å². The molecule has 0 aliphatic rings. The van der Waals surface area contributed by atoms with Crippen LogP contribution in [0.1, 0.15) is 50.6 Å². The molecular formula is C30H43N3S5. The highest BCUT2D eigenvalue weighted by molar-refractivity contribution is 8.11. The zero-order chi connectivity index (χ0) is 28.5. The van der Waals surface area contributed by atoms with E-state index in [4.69, 9.17) is 11.5 Å². The number of rotatable bonds is 10. The fourth-order valence-electron chi connectivity index (χ4n) is 3.56. The van der Waals surface area contributed by atoms with Crippen molar-refractivity contribution in [1.82, 2.24) is 0 Å². The van der Waals surface area contributed by atoms with E-state index in [1.54, 1.807) is 23.1 Å². The van der Waals surface area contributed by atoms with Crippen LogP contribution in [0.5, 0.6) is 0 Å². The van der Waals surface area contributed by atoms with Crippen LogP contribution in [0.3, 0.4) is 0 Å². The van der Waals surface area contributed by atoms with Crippen molar-refractivity contribution in [3.63, 3.8) is 0 Å². The minimum atomic E-state index is 0.650. The van der Waals surface area contributed by atoms with E-state index in [0.717, 1.165) is 12.8 Å². The topological polar surface area (TPSA) is 78.1 Å². The highest BCUT2D eigenvalue weighted by atomic mass is 32.2. The molecule has 0 aliphatic heterocycles. The predicted octanol–water partition coefficient (Wildman–Crippen LogP) is 9.80. The van der Waals surface area contributed by atoms with E-state index in [1.807, 2.05) is 67.1 Å². The summed E-state index contributed by atoms with van der Waals surface area (Å²) in [4.78, 5) is 10.5. The lowest BCUT2D eigenvalue weighted by molar-refractivity contribution is 0.976. The molecule has 0 aromatic carbocycles. The summed E-state index contributed by atoms with van der Waals surface area (Å²) in [5.41, 5.74) is 19.1. The monoisotopic (exact) mass is 605 g/mol. The average Bonchev–Trinajstić information content (AvgIpc) is 3.77. The summed E-state index contributed by atoms with van der Waals surface area (Å²) in [6.07, 6.45) is 3.94. The van der Waals surface area contributed by atoms with Crippen LogP contribution in [0.15, 0.2) is 59.8 Å². The molecule has 0 saturated carbocycles. The van der Waals surface area contributed by atoms with Crippen molar-refractivity contribution in [2.75, 3.05) is 20.1 Å². The Labute approximate surface area is 250 Å². The Bertz CT molecular complexity index is 1210. The van der Waals surface area contributed by atoms with Crippen molar-refractivity contribution in [1.29, 1.82) is 0 Å². The van der Waals surface area contributed by atoms with Gasteiger partial charge in [-0.25, -0.2) is 0 Å². The first-order valence-corrected chi connectivity index (χ1v) is 17.2. The third-order valence-electron chi connectivity index (χ3n) is 4.98. The molecule has 4 aromatic heterocycles. The normalized spacial score (nSPS) is 10.5. The molecule has 0 amide bonds. The molecule has 4 heterocycles. The van der Waals surface area contributed by atoms with E-state index in [9.17, 15) is 0 Å². The Hall–Kier alpha value is -1.49. The molecule has 0 bridgehead atoms. The predicted molar refractivity (Wildman–Crippen MR) is 184 cm³/mol. The van der Waals surface area contributed by atoms with Gasteiger partial charge < -0.3 is 17.2 Å². The molecule has 3 nitrogen and oxygen atoms in total. The quantitative estimate of drug-likeness (QED) is 0.168. The van der Waals surface area contributed by atoms with Gasteiger partial charge in [0, 0.05) is 39.0 Å². The van der Waals surface area contributed by atoms with Crippen molar-refractivity contribution in [3.8, 4) is 29.3 Å². The van der Waals surface area contributed by atoms with Crippen LogP contribution in [0.4, 0.5) is 0 Å². The summed E-state index contributed by atoms with van der Waals surface area (Å²) in [6, 6.07) is 13.5. The lowest BCUT2D eigenvalue weighted by Gasteiger charge is -2.00. The van der Waals surface area contributed by atoms with Crippen LogP contribution in [0.25, 0.3) is 34.2 Å². The summed E-state index contributed by atoms with van der Waals surface area (Å²) in [6.45, 7) is 15.3. The van der Waals surface area contributed by atoms with Gasteiger partial charge in [0.25, 0.3) is 0 Å². The molecule has 4 aromatic rings. The molecule has 208 valence electrons. The number of thiophene rings is 4. The second kappa shape index (κ2) is 19.6. The number of thioether (sulfide) groups is 1. The highest BCUT2D eigenvalue weighted by Gasteiger charge is 2.18. The van der Waals surface area contributed by atoms with Gasteiger partial charge in [-0.2, -0.15) is 0 Å². The summed E-state index contributed by atoms with van der Waals surface area (Å²) in [5.74, 6) is 0. The maximum Gasteiger partial charge on any atom is 0.0482 e. The largest absolute Gasteiger partial charge is 0.333 e. The van der Waals surface area contributed by atoms with E-state index in [0.29, 0.717) is 13.1 Å². The number of nitrogens with two attached hydrogens (primary N) is 3. The summed E-state index contributed by atoms with van der Waals surface area (Å²) in [5, 5.41) is 4.03. The Kier molecular flexibility index (Phi) is 17.8. The van der Waals surface area contributed by atoms with Crippen LogP contribution in [-0.4, -0.2) is 20.1 Å². The Morgan fingerprint density at radius 3 is 1.89 bits per heavy atom. The van der Waals surface area contributed by atoms with E-state index in [2.05, 4.69) is 67.1 Å². The van der Waals surface area contributed by atoms with Gasteiger partial charge in [0.05, 0.1) is 0 Å². The van der Waals surface area contributed by atoms with Gasteiger partial charge in [0.2, 0.25) is 0 Å². The SMILES string of the molecule is C=CS/C(=C\C)c1cc(CCN)c(-c2ccc(-c3sc(-c4cccs4)cc3CCN)s2)s1.CC.CC.CN. The summed E-state index contributed by atoms with van der Waals surface area (Å²) < 4.78 is 0. The zero-order valence-corrected chi connectivity index (χ0v) is 27.6. The summed E-state index contributed by atoms with van der Waals surface area (Å²) >= 11 is 9.07. The first kappa shape index (κ1) is 34.5. The molecule has 0 spiro atoms. The van der Waals surface area contributed by atoms with Gasteiger partial charge in [0.15, 0.2) is 0 Å². The first-order chi connectivity index (χ1) is 18.7. The fourth-order valence-corrected chi connectivity index (χ4v) is 8.83. The zero-order valence-electron chi connectivity index (χ0n) is 23.5. The van der Waals surface area contributed by atoms with Crippen LogP contribution in [0, 0.1) is 0 Å². The van der Waals surface area contributed by atoms with Crippen LogP contribution < -0.4 is 17.2 Å². The molecule has 0 aliphatic carbocycles. The highest BCUT2D eigenvalue weighted by Crippen LogP contribution is 2.47. The van der Waals surface area contributed by atoms with E-state index >= 15 is 0 Å². The Morgan fingerprint density at radius 1 is 0.816 bits per heavy atom. The lowest BCUT2D eigenvalue weighted by Crippen LogP contribution is -2.02. The van der Waals surface area contributed by atoms with E-state index in [1.165, 1.54) is 57.2 Å². The van der Waals surface area contributed by atoms with Gasteiger partial charge in [-0.3, -0.25) is 0 Å². The van der Waals surface area contributed by atoms with Gasteiger partial charge in [0.1, 0.15) is 0 Å². The molecule has 4 rings (SSSR count). The van der Waals surface area contributed by atoms with Gasteiger partial charge in [-0.15, -0.1) is 45.3 Å². The maximum absolute atomic E-state index is 5.95. The smallest absolute Gasteiger partial charge is 0.0482 e. The first-order valence-electron chi connectivity index (χ1n) is 13.0. The number of hydrogen-bond acceptors (Lipinski definition) is 8. The second-order valence-corrected chi connectivity index (χ2v) is 12.2. The van der Waals surface area contributed by atoms with Gasteiger partial charge in [-0.1, -0.05) is 58.2 Å². The van der Waals surface area contributed by atoms with Crippen LogP contribution >= 0.6 is 57.1 Å². The molecule has 6 N–H and O–H groups in total. The number of allylic oxidation sites excluding steroid dienone is 1. The van der Waals surface area contributed by atoms with Crippen molar-refractivity contribution in [3.05, 3.63) is 75.8 Å². The Morgan fingerprint density at radius 2 is 1.39 bits per heavy atom. The minimum absolute atomic E-state index is 0.650. The Balaban J connectivity index is 0.00000112. The van der Waals surface area contributed by atoms with E-state index in [-0.39, 0.29) is 0 Å². The molecular weight excluding hydrogens is 563 g/mol. The third kappa shape index (κ3) is 9.03. The molecule has 0 saturated heterocycles. The average molecular weight is 606 g/mol. The molecule has 8 heteroatoms. The standard InChI is InChI=1S/C25H26N2S5.2C2H6.CH5N/c1-3-18(28-4-2)22-14-16(9-11-26)24(31-22)20-7-8-21(30-20)25-17(10-12-27)15-23(32-25)19-6-5-13-29-19;3*1-2/h3-8,13-15H,2,9-12,26-27H2,1H3;2*1-2H3;2H2,1H3/b18-3-;;;. The van der Waals surface area contributed by atoms with Crippen molar-refractivity contribution < 1.29 is 0 Å². The molecule has 0 atom stereocenters. The third-order valence-corrected chi connectivity index (χ3v) is 10.9. The fraction of sp³-hybridized carbons (Fsp3) is 0.333. The van der Waals surface area contributed by atoms with Crippen LogP contribution in [0.2, 0.25) is 0 Å². The van der Waals surface area contributed by atoms with Crippen molar-refractivity contribution in [2.24, 2.45) is 17.2 Å². The molecule has 0 unspecified atom stereocenters. The van der Waals surface area contributed by atoms with Crippen LogP contribution in [-0.2, 0) is 12.8 Å².